The van der Waals surface area contributed by atoms with E-state index in [1.54, 1.807) is 12.1 Å². The second kappa shape index (κ2) is 8.50. The molecular weight excluding hydrogens is 354 g/mol. The van der Waals surface area contributed by atoms with Crippen molar-refractivity contribution in [1.82, 2.24) is 15.3 Å². The Morgan fingerprint density at radius 1 is 1.19 bits per heavy atom. The van der Waals surface area contributed by atoms with Crippen molar-refractivity contribution in [3.05, 3.63) is 47.4 Å². The molecule has 3 rings (SSSR count). The number of halogens is 1. The third-order valence-electron chi connectivity index (χ3n) is 4.18. The van der Waals surface area contributed by atoms with E-state index in [1.807, 2.05) is 18.2 Å². The molecule has 1 fully saturated rings. The quantitative estimate of drug-likeness (QED) is 0.856. The molecular formula is C18H18ClN5O2. The van der Waals surface area contributed by atoms with E-state index < -0.39 is 0 Å². The van der Waals surface area contributed by atoms with Gasteiger partial charge < -0.3 is 15.4 Å². The number of benzene rings is 1. The lowest BCUT2D eigenvalue weighted by molar-refractivity contribution is 0.134. The van der Waals surface area contributed by atoms with Gasteiger partial charge in [-0.15, -0.1) is 0 Å². The molecule has 134 valence electrons. The molecule has 1 heterocycles. The van der Waals surface area contributed by atoms with Crippen molar-refractivity contribution in [2.45, 2.75) is 37.8 Å². The highest BCUT2D eigenvalue weighted by atomic mass is 35.5. The fourth-order valence-electron chi connectivity index (χ4n) is 2.88. The van der Waals surface area contributed by atoms with E-state index in [1.165, 1.54) is 12.4 Å². The molecule has 1 aliphatic carbocycles. The minimum Gasteiger partial charge on any atom is -0.472 e. The number of rotatable bonds is 4. The summed E-state index contributed by atoms with van der Waals surface area (Å²) in [6.45, 7) is 0. The maximum Gasteiger partial charge on any atom is 0.319 e. The molecule has 1 aromatic carbocycles. The lowest BCUT2D eigenvalue weighted by atomic mass is 9.93. The summed E-state index contributed by atoms with van der Waals surface area (Å²) in [5.41, 5.74) is 0.766. The molecule has 1 saturated carbocycles. The van der Waals surface area contributed by atoms with Crippen molar-refractivity contribution >= 4 is 23.3 Å². The molecule has 8 heteroatoms. The van der Waals surface area contributed by atoms with E-state index in [-0.39, 0.29) is 29.8 Å². The van der Waals surface area contributed by atoms with E-state index in [4.69, 9.17) is 21.6 Å². The Labute approximate surface area is 156 Å². The molecule has 2 N–H and O–H groups in total. The molecule has 0 atom stereocenters. The van der Waals surface area contributed by atoms with Crippen LogP contribution >= 0.6 is 11.6 Å². The van der Waals surface area contributed by atoms with Gasteiger partial charge in [-0.3, -0.25) is 0 Å². The summed E-state index contributed by atoms with van der Waals surface area (Å²) >= 11 is 6.04. The van der Waals surface area contributed by atoms with Gasteiger partial charge in [-0.1, -0.05) is 23.7 Å². The zero-order valence-electron chi connectivity index (χ0n) is 14.0. The smallest absolute Gasteiger partial charge is 0.319 e. The van der Waals surface area contributed by atoms with Gasteiger partial charge in [0.25, 0.3) is 5.88 Å². The molecule has 0 radical (unpaired) electrons. The second-order valence-electron chi connectivity index (χ2n) is 5.99. The normalized spacial score (nSPS) is 19.2. The largest absolute Gasteiger partial charge is 0.472 e. The molecule has 0 spiro atoms. The molecule has 2 amide bonds. The minimum atomic E-state index is -0.275. The Balaban J connectivity index is 1.47. The number of para-hydroxylation sites is 1. The summed E-state index contributed by atoms with van der Waals surface area (Å²) in [4.78, 5) is 20.1. The van der Waals surface area contributed by atoms with E-state index in [2.05, 4.69) is 20.6 Å². The fraction of sp³-hybridized carbons (Fsp3) is 0.333. The van der Waals surface area contributed by atoms with Crippen molar-refractivity contribution in [1.29, 1.82) is 5.26 Å². The van der Waals surface area contributed by atoms with Crippen LogP contribution in [0.1, 0.15) is 31.4 Å². The first-order valence-electron chi connectivity index (χ1n) is 8.35. The number of hydrogen-bond acceptors (Lipinski definition) is 5. The number of urea groups is 1. The molecule has 7 nitrogen and oxygen atoms in total. The first-order valence-corrected chi connectivity index (χ1v) is 8.73. The predicted molar refractivity (Wildman–Crippen MR) is 97.0 cm³/mol. The zero-order chi connectivity index (χ0) is 18.4. The standard InChI is InChI=1S/C18H18ClN5O2/c19-14-3-1-2-4-15(14)24-18(25)23-12-5-7-13(8-6-12)26-17-16(11-20)21-9-10-22-17/h1-4,9-10,12-13H,5-8H2,(H2,23,24,25). The van der Waals surface area contributed by atoms with Gasteiger partial charge >= 0.3 is 6.03 Å². The molecule has 0 unspecified atom stereocenters. The van der Waals surface area contributed by atoms with E-state index in [0.29, 0.717) is 10.7 Å². The number of nitrogens with one attached hydrogen (secondary N) is 2. The van der Waals surface area contributed by atoms with Gasteiger partial charge in [0.1, 0.15) is 12.2 Å². The van der Waals surface area contributed by atoms with Crippen molar-refractivity contribution in [3.8, 4) is 11.9 Å². The number of nitrogens with zero attached hydrogens (tertiary/aromatic N) is 3. The number of aromatic nitrogens is 2. The summed E-state index contributed by atoms with van der Waals surface area (Å²) in [7, 11) is 0. The summed E-state index contributed by atoms with van der Waals surface area (Å²) < 4.78 is 5.80. The number of ether oxygens (including phenoxy) is 1. The molecule has 0 aliphatic heterocycles. The Kier molecular flexibility index (Phi) is 5.87. The summed E-state index contributed by atoms with van der Waals surface area (Å²) in [6, 6.07) is 8.86. The molecule has 1 aliphatic rings. The summed E-state index contributed by atoms with van der Waals surface area (Å²) in [5, 5.41) is 15.2. The van der Waals surface area contributed by atoms with Crippen LogP contribution in [0.25, 0.3) is 0 Å². The molecule has 2 aromatic rings. The lowest BCUT2D eigenvalue weighted by Crippen LogP contribution is -2.41. The van der Waals surface area contributed by atoms with Gasteiger partial charge in [0.15, 0.2) is 0 Å². The predicted octanol–water partition coefficient (Wildman–Crippen LogP) is 3.51. The van der Waals surface area contributed by atoms with Gasteiger partial charge in [0, 0.05) is 18.4 Å². The highest BCUT2D eigenvalue weighted by molar-refractivity contribution is 6.33. The fourth-order valence-corrected chi connectivity index (χ4v) is 3.06. The SMILES string of the molecule is N#Cc1nccnc1OC1CCC(NC(=O)Nc2ccccc2Cl)CC1. The van der Waals surface area contributed by atoms with E-state index >= 15 is 0 Å². The van der Waals surface area contributed by atoms with Crippen LogP contribution in [0, 0.1) is 11.3 Å². The molecule has 26 heavy (non-hydrogen) atoms. The third kappa shape index (κ3) is 4.61. The maximum absolute atomic E-state index is 12.1. The number of amides is 2. The van der Waals surface area contributed by atoms with Crippen LogP contribution in [0.2, 0.25) is 5.02 Å². The average Bonchev–Trinajstić information content (AvgIpc) is 2.66. The number of nitriles is 1. The van der Waals surface area contributed by atoms with E-state index in [0.717, 1.165) is 25.7 Å². The van der Waals surface area contributed by atoms with Crippen LogP contribution in [0.5, 0.6) is 5.88 Å². The Morgan fingerprint density at radius 2 is 1.92 bits per heavy atom. The minimum absolute atomic E-state index is 0.0384. The van der Waals surface area contributed by atoms with Crippen LogP contribution in [0.4, 0.5) is 10.5 Å². The van der Waals surface area contributed by atoms with Gasteiger partial charge in [0.2, 0.25) is 5.69 Å². The molecule has 0 saturated heterocycles. The zero-order valence-corrected chi connectivity index (χ0v) is 14.7. The van der Waals surface area contributed by atoms with Crippen molar-refractivity contribution in [2.75, 3.05) is 5.32 Å². The third-order valence-corrected chi connectivity index (χ3v) is 4.51. The van der Waals surface area contributed by atoms with Gasteiger partial charge in [-0.05, 0) is 37.8 Å². The monoisotopic (exact) mass is 371 g/mol. The molecule has 0 bridgehead atoms. The van der Waals surface area contributed by atoms with Crippen LogP contribution in [-0.4, -0.2) is 28.1 Å². The van der Waals surface area contributed by atoms with Crippen LogP contribution in [-0.2, 0) is 0 Å². The number of hydrogen-bond donors (Lipinski definition) is 2. The lowest BCUT2D eigenvalue weighted by Gasteiger charge is -2.29. The summed E-state index contributed by atoms with van der Waals surface area (Å²) in [6.07, 6.45) is 6.01. The molecule has 1 aromatic heterocycles. The van der Waals surface area contributed by atoms with Crippen molar-refractivity contribution in [2.24, 2.45) is 0 Å². The Morgan fingerprint density at radius 3 is 2.65 bits per heavy atom. The Hall–Kier alpha value is -2.85. The number of carbonyl (C=O) groups excluding carboxylic acids is 1. The van der Waals surface area contributed by atoms with Crippen LogP contribution < -0.4 is 15.4 Å². The van der Waals surface area contributed by atoms with Gasteiger partial charge in [-0.2, -0.15) is 5.26 Å². The van der Waals surface area contributed by atoms with Gasteiger partial charge in [-0.25, -0.2) is 14.8 Å². The Bertz CT molecular complexity index is 815. The van der Waals surface area contributed by atoms with Crippen molar-refractivity contribution < 1.29 is 9.53 Å². The van der Waals surface area contributed by atoms with Crippen LogP contribution in [0.15, 0.2) is 36.7 Å². The van der Waals surface area contributed by atoms with Gasteiger partial charge in [0.05, 0.1) is 10.7 Å². The maximum atomic E-state index is 12.1. The highest BCUT2D eigenvalue weighted by Gasteiger charge is 2.25. The number of carbonyl (C=O) groups is 1. The second-order valence-corrected chi connectivity index (χ2v) is 6.40. The highest BCUT2D eigenvalue weighted by Crippen LogP contribution is 2.24. The van der Waals surface area contributed by atoms with Crippen LogP contribution in [0.3, 0.4) is 0 Å². The number of anilines is 1. The van der Waals surface area contributed by atoms with E-state index in [9.17, 15) is 4.79 Å². The van der Waals surface area contributed by atoms with Crippen molar-refractivity contribution in [3.63, 3.8) is 0 Å². The first kappa shape index (κ1) is 18.0. The topological polar surface area (TPSA) is 99.9 Å². The first-order chi connectivity index (χ1) is 12.7. The average molecular weight is 372 g/mol. The summed E-state index contributed by atoms with van der Waals surface area (Å²) in [5.74, 6) is 0.267.